The molecule has 0 aromatic heterocycles. The molecule has 0 saturated carbocycles. The molecule has 0 radical (unpaired) electrons. The second kappa shape index (κ2) is 22.8. The quantitative estimate of drug-likeness (QED) is 0.0901. The number of alkyl halides is 1. The van der Waals surface area contributed by atoms with Crippen molar-refractivity contribution in [3.8, 4) is 0 Å². The van der Waals surface area contributed by atoms with Crippen molar-refractivity contribution in [2.45, 2.75) is 142 Å². The zero-order valence-corrected chi connectivity index (χ0v) is 20.0. The Labute approximate surface area is 174 Å². The van der Waals surface area contributed by atoms with Crippen molar-refractivity contribution in [2.24, 2.45) is 5.92 Å². The molecule has 0 rings (SSSR count). The minimum Gasteiger partial charge on any atom is -0.0864 e. The molecule has 0 aliphatic carbocycles. The van der Waals surface area contributed by atoms with Crippen LogP contribution in [0.2, 0.25) is 0 Å². The van der Waals surface area contributed by atoms with E-state index < -0.39 is 0 Å². The third-order valence-corrected chi connectivity index (χ3v) is 6.28. The molecule has 0 bridgehead atoms. The molecule has 0 amide bonds. The van der Waals surface area contributed by atoms with Gasteiger partial charge in [0.2, 0.25) is 0 Å². The molecule has 0 aromatic rings. The van der Waals surface area contributed by atoms with Gasteiger partial charge in [-0.05, 0) is 16.8 Å². The van der Waals surface area contributed by atoms with Gasteiger partial charge in [0.1, 0.15) is 0 Å². The van der Waals surface area contributed by atoms with Gasteiger partial charge in [0.25, 0.3) is 0 Å². The summed E-state index contributed by atoms with van der Waals surface area (Å²) in [5.41, 5.74) is 0. The van der Waals surface area contributed by atoms with E-state index in [2.05, 4.69) is 36.4 Å². The average Bonchev–Trinajstić information content (AvgIpc) is 2.61. The molecule has 0 saturated heterocycles. The Kier molecular flexibility index (Phi) is 23.4. The molecule has 0 aliphatic rings. The molecule has 0 unspecified atom stereocenters. The molecule has 0 N–H and O–H groups in total. The van der Waals surface area contributed by atoms with Crippen molar-refractivity contribution in [1.29, 1.82) is 0 Å². The molecule has 0 spiro atoms. The van der Waals surface area contributed by atoms with E-state index in [4.69, 9.17) is 0 Å². The molecular formula is C24H49I. The molecule has 0 aliphatic heterocycles. The smallest absolute Gasteiger partial charge is 0.000219 e. The van der Waals surface area contributed by atoms with Crippen LogP contribution < -0.4 is 0 Å². The molecule has 25 heavy (non-hydrogen) atoms. The van der Waals surface area contributed by atoms with Crippen molar-refractivity contribution < 1.29 is 0 Å². The highest BCUT2D eigenvalue weighted by Gasteiger charge is 2.00. The number of hydrogen-bond donors (Lipinski definition) is 0. The molecule has 0 aromatic carbocycles. The van der Waals surface area contributed by atoms with Gasteiger partial charge in [0, 0.05) is 0 Å². The van der Waals surface area contributed by atoms with Crippen LogP contribution >= 0.6 is 22.6 Å². The predicted octanol–water partition coefficient (Wildman–Crippen LogP) is 9.88. The highest BCUT2D eigenvalue weighted by Crippen LogP contribution is 2.17. The van der Waals surface area contributed by atoms with Crippen molar-refractivity contribution >= 4 is 22.6 Å². The van der Waals surface area contributed by atoms with Crippen LogP contribution in [0.15, 0.2) is 0 Å². The van der Waals surface area contributed by atoms with Crippen LogP contribution in [0.5, 0.6) is 0 Å². The zero-order valence-electron chi connectivity index (χ0n) is 17.8. The topological polar surface area (TPSA) is 0 Å². The van der Waals surface area contributed by atoms with E-state index in [-0.39, 0.29) is 0 Å². The van der Waals surface area contributed by atoms with E-state index in [1.807, 2.05) is 0 Å². The molecule has 1 atom stereocenters. The average molecular weight is 465 g/mol. The first-order valence-corrected chi connectivity index (χ1v) is 13.4. The third kappa shape index (κ3) is 22.7. The first-order valence-electron chi connectivity index (χ1n) is 11.9. The summed E-state index contributed by atoms with van der Waals surface area (Å²) >= 11 is 2.51. The van der Waals surface area contributed by atoms with Gasteiger partial charge in [0.05, 0.1) is 0 Å². The third-order valence-electron chi connectivity index (χ3n) is 5.65. The zero-order chi connectivity index (χ0) is 18.4. The molecule has 152 valence electrons. The van der Waals surface area contributed by atoms with Crippen LogP contribution in [-0.2, 0) is 0 Å². The van der Waals surface area contributed by atoms with Crippen molar-refractivity contribution in [3.63, 3.8) is 0 Å². The van der Waals surface area contributed by atoms with Crippen molar-refractivity contribution in [3.05, 3.63) is 0 Å². The van der Waals surface area contributed by atoms with Crippen LogP contribution in [0, 0.1) is 5.92 Å². The van der Waals surface area contributed by atoms with Crippen LogP contribution in [0.4, 0.5) is 0 Å². The second-order valence-electron chi connectivity index (χ2n) is 8.38. The van der Waals surface area contributed by atoms with Crippen molar-refractivity contribution in [1.82, 2.24) is 0 Å². The van der Waals surface area contributed by atoms with Gasteiger partial charge in [-0.15, -0.1) is 0 Å². The van der Waals surface area contributed by atoms with Gasteiger partial charge in [-0.25, -0.2) is 0 Å². The molecule has 0 nitrogen and oxygen atoms in total. The Morgan fingerprint density at radius 3 is 1.12 bits per heavy atom. The number of halogens is 1. The minimum atomic E-state index is 0.956. The van der Waals surface area contributed by atoms with Gasteiger partial charge < -0.3 is 0 Å². The van der Waals surface area contributed by atoms with Crippen LogP contribution in [0.1, 0.15) is 142 Å². The fourth-order valence-corrected chi connectivity index (χ4v) is 4.79. The maximum Gasteiger partial charge on any atom is -0.000219 e. The van der Waals surface area contributed by atoms with E-state index in [1.165, 1.54) is 133 Å². The number of unbranched alkanes of at least 4 members (excludes halogenated alkanes) is 17. The fraction of sp³-hybridized carbons (Fsp3) is 1.00. The summed E-state index contributed by atoms with van der Waals surface area (Å²) in [7, 11) is 0. The maximum absolute atomic E-state index is 2.51. The fourth-order valence-electron chi connectivity index (χ4n) is 3.73. The molecule has 0 fully saturated rings. The lowest BCUT2D eigenvalue weighted by Crippen LogP contribution is -1.95. The summed E-state index contributed by atoms with van der Waals surface area (Å²) in [6.07, 6.45) is 29.4. The summed E-state index contributed by atoms with van der Waals surface area (Å²) in [5.74, 6) is 0.956. The summed E-state index contributed by atoms with van der Waals surface area (Å²) in [4.78, 5) is 0. The summed E-state index contributed by atoms with van der Waals surface area (Å²) in [6, 6.07) is 0. The van der Waals surface area contributed by atoms with Gasteiger partial charge in [0.15, 0.2) is 0 Å². The Bertz CT molecular complexity index is 226. The second-order valence-corrected chi connectivity index (χ2v) is 9.46. The standard InChI is InChI=1S/C24H49I/c1-3-4-5-6-7-8-9-10-11-12-13-14-15-16-17-18-19-20-21-24(2)22-23-25/h24H,3-23H2,1-2H3/t24-/m0/s1. The van der Waals surface area contributed by atoms with Crippen LogP contribution in [0.3, 0.4) is 0 Å². The lowest BCUT2D eigenvalue weighted by atomic mass is 9.99. The molecule has 1 heteroatoms. The lowest BCUT2D eigenvalue weighted by molar-refractivity contribution is 0.472. The van der Waals surface area contributed by atoms with E-state index in [1.54, 1.807) is 0 Å². The highest BCUT2D eigenvalue weighted by atomic mass is 127. The Hall–Kier alpha value is 0.730. The minimum absolute atomic E-state index is 0.956. The Morgan fingerprint density at radius 1 is 0.480 bits per heavy atom. The van der Waals surface area contributed by atoms with E-state index >= 15 is 0 Å². The van der Waals surface area contributed by atoms with E-state index in [9.17, 15) is 0 Å². The summed E-state index contributed by atoms with van der Waals surface area (Å²) < 4.78 is 1.33. The monoisotopic (exact) mass is 464 g/mol. The van der Waals surface area contributed by atoms with Gasteiger partial charge >= 0.3 is 0 Å². The largest absolute Gasteiger partial charge is 0.0864 e. The molecular weight excluding hydrogens is 415 g/mol. The van der Waals surface area contributed by atoms with E-state index in [0.29, 0.717) is 0 Å². The normalized spacial score (nSPS) is 12.6. The van der Waals surface area contributed by atoms with Gasteiger partial charge in [-0.1, -0.05) is 158 Å². The first kappa shape index (κ1) is 25.7. The van der Waals surface area contributed by atoms with Crippen LogP contribution in [-0.4, -0.2) is 4.43 Å². The van der Waals surface area contributed by atoms with Gasteiger partial charge in [-0.3, -0.25) is 0 Å². The lowest BCUT2D eigenvalue weighted by Gasteiger charge is -2.08. The van der Waals surface area contributed by atoms with Crippen molar-refractivity contribution in [2.75, 3.05) is 4.43 Å². The number of hydrogen-bond acceptors (Lipinski definition) is 0. The number of rotatable bonds is 21. The first-order chi connectivity index (χ1) is 12.3. The summed E-state index contributed by atoms with van der Waals surface area (Å²) in [5, 5.41) is 0. The van der Waals surface area contributed by atoms with Crippen LogP contribution in [0.25, 0.3) is 0 Å². The highest BCUT2D eigenvalue weighted by molar-refractivity contribution is 14.1. The SMILES string of the molecule is CCCCCCCCCCCCCCCCCCCC[C@H](C)CCI. The Morgan fingerprint density at radius 2 is 0.800 bits per heavy atom. The van der Waals surface area contributed by atoms with E-state index in [0.717, 1.165) is 5.92 Å². The predicted molar refractivity (Wildman–Crippen MR) is 126 cm³/mol. The molecule has 0 heterocycles. The summed E-state index contributed by atoms with van der Waals surface area (Å²) in [6.45, 7) is 4.72. The Balaban J connectivity index is 3.00. The van der Waals surface area contributed by atoms with Gasteiger partial charge in [-0.2, -0.15) is 0 Å². The maximum atomic E-state index is 2.51.